The molecule has 2 aromatic rings. The van der Waals surface area contributed by atoms with Crippen LogP contribution in [0.3, 0.4) is 0 Å². The van der Waals surface area contributed by atoms with E-state index in [0.717, 1.165) is 37.4 Å². The van der Waals surface area contributed by atoms with E-state index < -0.39 is 0 Å². The third kappa shape index (κ3) is 5.43. The van der Waals surface area contributed by atoms with Gasteiger partial charge in [-0.3, -0.25) is 9.88 Å². The van der Waals surface area contributed by atoms with Gasteiger partial charge >= 0.3 is 0 Å². The van der Waals surface area contributed by atoms with Crippen LogP contribution in [-0.2, 0) is 13.2 Å². The first-order chi connectivity index (χ1) is 11.5. The van der Waals surface area contributed by atoms with Crippen LogP contribution in [0.5, 0.6) is 5.75 Å². The van der Waals surface area contributed by atoms with Crippen LogP contribution in [0.25, 0.3) is 0 Å². The number of nitrogens with zero attached hydrogens (tertiary/aromatic N) is 2. The second kappa shape index (κ2) is 8.65. The Morgan fingerprint density at radius 1 is 1.12 bits per heavy atom. The fourth-order valence-electron chi connectivity index (χ4n) is 3.21. The van der Waals surface area contributed by atoms with Gasteiger partial charge in [0.15, 0.2) is 0 Å². The van der Waals surface area contributed by atoms with Crippen LogP contribution in [0.4, 0.5) is 0 Å². The minimum Gasteiger partial charge on any atom is -0.489 e. The number of hydrogen-bond donors (Lipinski definition) is 1. The van der Waals surface area contributed by atoms with Gasteiger partial charge in [-0.2, -0.15) is 0 Å². The van der Waals surface area contributed by atoms with Gasteiger partial charge in [0.1, 0.15) is 12.4 Å². The Hall–Kier alpha value is -1.62. The van der Waals surface area contributed by atoms with Crippen molar-refractivity contribution in [3.05, 3.63) is 59.9 Å². The Kier molecular flexibility index (Phi) is 6.82. The van der Waals surface area contributed by atoms with Crippen LogP contribution in [0.15, 0.2) is 48.8 Å². The van der Waals surface area contributed by atoms with Gasteiger partial charge in [0.2, 0.25) is 0 Å². The van der Waals surface area contributed by atoms with E-state index in [1.54, 1.807) is 12.4 Å². The first-order valence-electron chi connectivity index (χ1n) is 8.61. The van der Waals surface area contributed by atoms with Gasteiger partial charge in [0.05, 0.1) is 0 Å². The number of halogens is 1. The lowest BCUT2D eigenvalue weighted by Crippen LogP contribution is -2.52. The molecule has 0 bridgehead atoms. The Balaban J connectivity index is 0.00000225. The molecule has 0 amide bonds. The predicted molar refractivity (Wildman–Crippen MR) is 104 cm³/mol. The Bertz CT molecular complexity index is 646. The van der Waals surface area contributed by atoms with Crippen LogP contribution < -0.4 is 10.5 Å². The maximum absolute atomic E-state index is 6.22. The van der Waals surface area contributed by atoms with E-state index in [0.29, 0.717) is 12.6 Å². The Morgan fingerprint density at radius 2 is 1.80 bits per heavy atom. The molecule has 1 aromatic heterocycles. The van der Waals surface area contributed by atoms with Crippen LogP contribution >= 0.6 is 12.4 Å². The molecule has 25 heavy (non-hydrogen) atoms. The summed E-state index contributed by atoms with van der Waals surface area (Å²) >= 11 is 0. The first kappa shape index (κ1) is 19.7. The number of likely N-dealkylation sites (tertiary alicyclic amines) is 1. The number of benzene rings is 1. The summed E-state index contributed by atoms with van der Waals surface area (Å²) in [6.45, 7) is 8.19. The van der Waals surface area contributed by atoms with E-state index in [1.165, 1.54) is 5.56 Å². The zero-order valence-electron chi connectivity index (χ0n) is 15.0. The van der Waals surface area contributed by atoms with Gasteiger partial charge < -0.3 is 10.5 Å². The number of rotatable bonds is 5. The summed E-state index contributed by atoms with van der Waals surface area (Å²) in [5.74, 6) is 0.900. The third-order valence-electron chi connectivity index (χ3n) is 4.88. The summed E-state index contributed by atoms with van der Waals surface area (Å²) in [4.78, 5) is 6.51. The van der Waals surface area contributed by atoms with E-state index in [1.807, 2.05) is 12.1 Å². The summed E-state index contributed by atoms with van der Waals surface area (Å²) in [6.07, 6.45) is 4.64. The Morgan fingerprint density at radius 3 is 2.44 bits per heavy atom. The molecule has 4 nitrogen and oxygen atoms in total. The molecular weight excluding hydrogens is 334 g/mol. The molecular formula is C20H28ClN3O. The van der Waals surface area contributed by atoms with Gasteiger partial charge in [-0.1, -0.05) is 26.0 Å². The van der Waals surface area contributed by atoms with Gasteiger partial charge in [0, 0.05) is 38.1 Å². The van der Waals surface area contributed by atoms with E-state index >= 15 is 0 Å². The minimum absolute atomic E-state index is 0. The second-order valence-electron chi connectivity index (χ2n) is 7.38. The van der Waals surface area contributed by atoms with Crippen LogP contribution in [0.2, 0.25) is 0 Å². The highest BCUT2D eigenvalue weighted by Gasteiger charge is 2.33. The number of pyridine rings is 1. The molecule has 2 heterocycles. The molecule has 5 heteroatoms. The lowest BCUT2D eigenvalue weighted by atomic mass is 9.79. The van der Waals surface area contributed by atoms with Crippen LogP contribution in [0.1, 0.15) is 31.4 Å². The second-order valence-corrected chi connectivity index (χ2v) is 7.38. The molecule has 136 valence electrons. The Labute approximate surface area is 156 Å². The maximum Gasteiger partial charge on any atom is 0.119 e. The normalized spacial score (nSPS) is 19.9. The van der Waals surface area contributed by atoms with Crippen molar-refractivity contribution >= 4 is 12.4 Å². The SMILES string of the molecule is CC1(C)CN(Cc2ccc(OCc3ccncc3)cc2)CCC1N.Cl. The molecule has 0 spiro atoms. The molecule has 1 aliphatic heterocycles. The molecule has 1 unspecified atom stereocenters. The topological polar surface area (TPSA) is 51.4 Å². The quantitative estimate of drug-likeness (QED) is 0.883. The van der Waals surface area contributed by atoms with E-state index in [-0.39, 0.29) is 17.8 Å². The van der Waals surface area contributed by atoms with Gasteiger partial charge in [0.25, 0.3) is 0 Å². The lowest BCUT2D eigenvalue weighted by Gasteiger charge is -2.42. The number of nitrogens with two attached hydrogens (primary N) is 1. The van der Waals surface area contributed by atoms with E-state index in [9.17, 15) is 0 Å². The standard InChI is InChI=1S/C20H27N3O.ClH/c1-20(2)15-23(12-9-19(20)21)13-16-3-5-18(6-4-16)24-14-17-7-10-22-11-8-17;/h3-8,10-11,19H,9,12-15,21H2,1-2H3;1H. The fraction of sp³-hybridized carbons (Fsp3) is 0.450. The maximum atomic E-state index is 6.22. The van der Waals surface area contributed by atoms with E-state index in [2.05, 4.69) is 48.0 Å². The zero-order chi connectivity index (χ0) is 17.0. The van der Waals surface area contributed by atoms with Gasteiger partial charge in [-0.25, -0.2) is 0 Å². The van der Waals surface area contributed by atoms with Crippen molar-refractivity contribution in [3.8, 4) is 5.75 Å². The molecule has 1 aliphatic rings. The van der Waals surface area contributed by atoms with Gasteiger partial charge in [-0.15, -0.1) is 12.4 Å². The highest BCUT2D eigenvalue weighted by Crippen LogP contribution is 2.28. The van der Waals surface area contributed by atoms with E-state index in [4.69, 9.17) is 10.5 Å². The summed E-state index contributed by atoms with van der Waals surface area (Å²) in [6, 6.07) is 12.7. The molecule has 3 rings (SSSR count). The molecule has 2 N–H and O–H groups in total. The number of aromatic nitrogens is 1. The van der Waals surface area contributed by atoms with Gasteiger partial charge in [-0.05, 0) is 47.2 Å². The smallest absolute Gasteiger partial charge is 0.119 e. The van der Waals surface area contributed by atoms with Crippen LogP contribution in [0, 0.1) is 5.41 Å². The number of piperidine rings is 1. The molecule has 0 saturated carbocycles. The summed E-state index contributed by atoms with van der Waals surface area (Å²) in [5, 5.41) is 0. The lowest BCUT2D eigenvalue weighted by molar-refractivity contribution is 0.0898. The fourth-order valence-corrected chi connectivity index (χ4v) is 3.21. The average molecular weight is 362 g/mol. The summed E-state index contributed by atoms with van der Waals surface area (Å²) in [5.41, 5.74) is 8.85. The molecule has 0 radical (unpaired) electrons. The molecule has 0 aliphatic carbocycles. The number of ether oxygens (including phenoxy) is 1. The zero-order valence-corrected chi connectivity index (χ0v) is 15.8. The predicted octanol–water partition coefficient (Wildman–Crippen LogP) is 3.64. The summed E-state index contributed by atoms with van der Waals surface area (Å²) in [7, 11) is 0. The average Bonchev–Trinajstić information content (AvgIpc) is 2.58. The monoisotopic (exact) mass is 361 g/mol. The largest absolute Gasteiger partial charge is 0.489 e. The van der Waals surface area contributed by atoms with Crippen molar-refractivity contribution in [2.24, 2.45) is 11.1 Å². The molecule has 1 saturated heterocycles. The van der Waals surface area contributed by atoms with Crippen molar-refractivity contribution < 1.29 is 4.74 Å². The first-order valence-corrected chi connectivity index (χ1v) is 8.61. The van der Waals surface area contributed by atoms with Crippen molar-refractivity contribution in [2.75, 3.05) is 13.1 Å². The molecule has 1 aromatic carbocycles. The highest BCUT2D eigenvalue weighted by molar-refractivity contribution is 5.85. The molecule has 1 atom stereocenters. The third-order valence-corrected chi connectivity index (χ3v) is 4.88. The minimum atomic E-state index is 0. The van der Waals surface area contributed by atoms with Crippen molar-refractivity contribution in [1.29, 1.82) is 0 Å². The van der Waals surface area contributed by atoms with Crippen LogP contribution in [-0.4, -0.2) is 29.0 Å². The summed E-state index contributed by atoms with van der Waals surface area (Å²) < 4.78 is 5.83. The highest BCUT2D eigenvalue weighted by atomic mass is 35.5. The van der Waals surface area contributed by atoms with Crippen molar-refractivity contribution in [2.45, 2.75) is 39.5 Å². The number of hydrogen-bond acceptors (Lipinski definition) is 4. The van der Waals surface area contributed by atoms with Crippen molar-refractivity contribution in [1.82, 2.24) is 9.88 Å². The van der Waals surface area contributed by atoms with Crippen molar-refractivity contribution in [3.63, 3.8) is 0 Å². The molecule has 1 fully saturated rings.